The Morgan fingerprint density at radius 2 is 1.25 bits per heavy atom. The summed E-state index contributed by atoms with van der Waals surface area (Å²) >= 11 is 0. The molecular formula is C36H11F3N8O. The third-order valence-electron chi connectivity index (χ3n) is 7.47. The lowest BCUT2D eigenvalue weighted by atomic mass is 9.90. The SMILES string of the molecule is [C-]#[N+]C1=C(C)/C(=C(\[N+]#[C-])c2cc(C#N)cc([N+]#[C-])c2)c2cc3c(cc21)/C(=C(/C#N)c1cc(C#N)cc([N+]#[C-])c1)C(OC(F)(F)F)=C3C#N. The number of alkyl halides is 3. The molecule has 0 atom stereocenters. The zero-order chi connectivity index (χ0) is 34.9. The summed E-state index contributed by atoms with van der Waals surface area (Å²) in [5, 5.41) is 39.5. The number of fused-ring (bicyclic) bond motifs is 2. The Bertz CT molecular complexity index is 2450. The van der Waals surface area contributed by atoms with Gasteiger partial charge >= 0.3 is 6.36 Å². The van der Waals surface area contributed by atoms with Gasteiger partial charge in [-0.2, -0.15) is 21.0 Å². The van der Waals surface area contributed by atoms with Gasteiger partial charge in [0.25, 0.3) is 0 Å². The highest BCUT2D eigenvalue weighted by Crippen LogP contribution is 2.53. The molecule has 0 saturated carbocycles. The van der Waals surface area contributed by atoms with Crippen molar-refractivity contribution < 1.29 is 17.9 Å². The minimum absolute atomic E-state index is 0.0362. The van der Waals surface area contributed by atoms with Crippen LogP contribution in [0.4, 0.5) is 24.5 Å². The number of hydrogen-bond donors (Lipinski definition) is 0. The highest BCUT2D eigenvalue weighted by molar-refractivity contribution is 6.17. The Morgan fingerprint density at radius 3 is 1.75 bits per heavy atom. The van der Waals surface area contributed by atoms with Gasteiger partial charge in [-0.15, -0.1) is 13.2 Å². The maximum atomic E-state index is 13.9. The van der Waals surface area contributed by atoms with Crippen LogP contribution >= 0.6 is 0 Å². The van der Waals surface area contributed by atoms with Crippen molar-refractivity contribution in [3.05, 3.63) is 150 Å². The van der Waals surface area contributed by atoms with E-state index in [2.05, 4.69) is 24.1 Å². The highest BCUT2D eigenvalue weighted by Gasteiger charge is 2.42. The van der Waals surface area contributed by atoms with E-state index >= 15 is 0 Å². The average Bonchev–Trinajstić information content (AvgIpc) is 3.51. The molecule has 0 fully saturated rings. The molecule has 0 unspecified atom stereocenters. The smallest absolute Gasteiger partial charge is 0.404 e. The van der Waals surface area contributed by atoms with Gasteiger partial charge in [-0.3, -0.25) is 0 Å². The predicted octanol–water partition coefficient (Wildman–Crippen LogP) is 9.20. The summed E-state index contributed by atoms with van der Waals surface area (Å²) in [6, 6.07) is 17.9. The van der Waals surface area contributed by atoms with Gasteiger partial charge in [-0.05, 0) is 69.3 Å². The second-order valence-electron chi connectivity index (χ2n) is 10.1. The molecule has 222 valence electrons. The molecule has 48 heavy (non-hydrogen) atoms. The Balaban J connectivity index is 1.93. The van der Waals surface area contributed by atoms with Crippen molar-refractivity contribution >= 4 is 45.1 Å². The van der Waals surface area contributed by atoms with Crippen molar-refractivity contribution in [3.8, 4) is 24.3 Å². The first-order chi connectivity index (χ1) is 23.0. The summed E-state index contributed by atoms with van der Waals surface area (Å²) in [6.07, 6.45) is -5.31. The molecule has 2 aliphatic rings. The molecule has 0 aliphatic heterocycles. The molecule has 3 aromatic carbocycles. The summed E-state index contributed by atoms with van der Waals surface area (Å²) in [6.45, 7) is 32.3. The number of hydrogen-bond acceptors (Lipinski definition) is 5. The van der Waals surface area contributed by atoms with E-state index in [0.717, 1.165) is 0 Å². The predicted molar refractivity (Wildman–Crippen MR) is 166 cm³/mol. The lowest BCUT2D eigenvalue weighted by Gasteiger charge is -2.15. The van der Waals surface area contributed by atoms with Crippen LogP contribution in [0.5, 0.6) is 0 Å². The van der Waals surface area contributed by atoms with Crippen molar-refractivity contribution in [1.82, 2.24) is 0 Å². The first-order valence-corrected chi connectivity index (χ1v) is 13.3. The van der Waals surface area contributed by atoms with Gasteiger partial charge in [-0.25, -0.2) is 19.4 Å². The van der Waals surface area contributed by atoms with E-state index in [4.69, 9.17) is 26.3 Å². The summed E-state index contributed by atoms with van der Waals surface area (Å²) in [7, 11) is 0. The second-order valence-corrected chi connectivity index (χ2v) is 10.1. The Morgan fingerprint density at radius 1 is 0.688 bits per heavy atom. The van der Waals surface area contributed by atoms with E-state index in [1.165, 1.54) is 48.5 Å². The fourth-order valence-electron chi connectivity index (χ4n) is 5.63. The lowest BCUT2D eigenvalue weighted by molar-refractivity contribution is -0.302. The first-order valence-electron chi connectivity index (χ1n) is 13.3. The number of allylic oxidation sites excluding steroid dienone is 5. The first kappa shape index (κ1) is 31.6. The molecule has 0 spiro atoms. The maximum absolute atomic E-state index is 13.9. The zero-order valence-electron chi connectivity index (χ0n) is 24.2. The summed E-state index contributed by atoms with van der Waals surface area (Å²) in [4.78, 5) is 13.9. The maximum Gasteiger partial charge on any atom is 0.573 e. The monoisotopic (exact) mass is 628 g/mol. The normalized spacial score (nSPS) is 14.8. The van der Waals surface area contributed by atoms with Crippen LogP contribution in [-0.2, 0) is 4.74 Å². The van der Waals surface area contributed by atoms with Gasteiger partial charge in [-0.1, -0.05) is 25.1 Å². The van der Waals surface area contributed by atoms with Crippen LogP contribution in [0.1, 0.15) is 51.4 Å². The Kier molecular flexibility index (Phi) is 7.83. The van der Waals surface area contributed by atoms with E-state index in [1.54, 1.807) is 13.0 Å². The van der Waals surface area contributed by atoms with Crippen LogP contribution in [-0.4, -0.2) is 6.36 Å². The van der Waals surface area contributed by atoms with Gasteiger partial charge in [0.05, 0.1) is 44.0 Å². The number of nitrogens with zero attached hydrogens (tertiary/aromatic N) is 8. The molecular weight excluding hydrogens is 617 g/mol. The minimum atomic E-state index is -5.31. The third-order valence-corrected chi connectivity index (χ3v) is 7.47. The fourth-order valence-corrected chi connectivity index (χ4v) is 5.63. The molecule has 0 amide bonds. The van der Waals surface area contributed by atoms with Crippen molar-refractivity contribution in [1.29, 1.82) is 21.0 Å². The van der Waals surface area contributed by atoms with Gasteiger partial charge in [0.2, 0.25) is 0 Å². The molecule has 2 aliphatic carbocycles. The summed E-state index contributed by atoms with van der Waals surface area (Å²) < 4.78 is 46.0. The van der Waals surface area contributed by atoms with E-state index < -0.39 is 28.8 Å². The molecule has 12 heteroatoms. The fraction of sp³-hybridized carbons (Fsp3) is 0.0556. The summed E-state index contributed by atoms with van der Waals surface area (Å²) in [5.41, 5.74) is -0.494. The van der Waals surface area contributed by atoms with Crippen LogP contribution in [0.15, 0.2) is 59.9 Å². The number of halogens is 3. The molecule has 0 bridgehead atoms. The number of rotatable bonds is 3. The molecule has 0 radical (unpaired) electrons. The molecule has 0 heterocycles. The number of benzene rings is 3. The molecule has 9 nitrogen and oxygen atoms in total. The minimum Gasteiger partial charge on any atom is -0.404 e. The van der Waals surface area contributed by atoms with Crippen LogP contribution in [0.25, 0.3) is 53.1 Å². The highest BCUT2D eigenvalue weighted by atomic mass is 19.4. The number of nitriles is 4. The van der Waals surface area contributed by atoms with Crippen molar-refractivity contribution in [2.24, 2.45) is 0 Å². The van der Waals surface area contributed by atoms with Crippen LogP contribution < -0.4 is 0 Å². The molecule has 5 rings (SSSR count). The quantitative estimate of drug-likeness (QED) is 0.211. The molecule has 3 aromatic rings. The van der Waals surface area contributed by atoms with E-state index in [9.17, 15) is 34.2 Å². The zero-order valence-corrected chi connectivity index (χ0v) is 24.2. The van der Waals surface area contributed by atoms with Crippen molar-refractivity contribution in [2.45, 2.75) is 13.3 Å². The molecule has 0 saturated heterocycles. The third kappa shape index (κ3) is 5.14. The van der Waals surface area contributed by atoms with Crippen LogP contribution in [0.2, 0.25) is 0 Å². The number of ether oxygens (including phenoxy) is 1. The van der Waals surface area contributed by atoms with Crippen LogP contribution in [0.3, 0.4) is 0 Å². The molecule has 0 N–H and O–H groups in total. The van der Waals surface area contributed by atoms with Gasteiger partial charge in [0, 0.05) is 22.3 Å². The van der Waals surface area contributed by atoms with E-state index in [-0.39, 0.29) is 72.8 Å². The lowest BCUT2D eigenvalue weighted by Crippen LogP contribution is -2.13. The average molecular weight is 629 g/mol. The Labute approximate surface area is 271 Å². The summed E-state index contributed by atoms with van der Waals surface area (Å²) in [5.74, 6) is -0.989. The topological polar surface area (TPSA) is 122 Å². The standard InChI is InChI=1S/C36H11F3N8O/c1-18-31(34(47-5)22-7-20(15-41)9-24(11-22)45-3)27-12-25-26(13-28(27)33(18)46-4)32(35(30(25)17-43)48-36(37,38)39)29(16-42)21-6-19(14-40)8-23(10-21)44-2/h6-13H,1H3/b32-29+,34-31+. The van der Waals surface area contributed by atoms with Crippen molar-refractivity contribution in [2.75, 3.05) is 0 Å². The van der Waals surface area contributed by atoms with E-state index in [0.29, 0.717) is 5.57 Å². The van der Waals surface area contributed by atoms with Crippen LogP contribution in [0, 0.1) is 71.6 Å². The van der Waals surface area contributed by atoms with Gasteiger partial charge < -0.3 is 4.74 Å². The van der Waals surface area contributed by atoms with E-state index in [1.807, 2.05) is 18.2 Å². The Hall–Kier alpha value is -7.87. The largest absolute Gasteiger partial charge is 0.573 e. The second kappa shape index (κ2) is 11.9. The van der Waals surface area contributed by atoms with Gasteiger partial charge in [0.1, 0.15) is 17.7 Å². The van der Waals surface area contributed by atoms with Crippen molar-refractivity contribution in [3.63, 3.8) is 0 Å². The molecule has 0 aromatic heterocycles. The van der Waals surface area contributed by atoms with Gasteiger partial charge in [0.15, 0.2) is 28.5 Å².